The molecule has 0 N–H and O–H groups in total. The van der Waals surface area contributed by atoms with Crippen LogP contribution in [0.2, 0.25) is 0 Å². The van der Waals surface area contributed by atoms with E-state index >= 15 is 0 Å². The fourth-order valence-electron chi connectivity index (χ4n) is 2.62. The summed E-state index contributed by atoms with van der Waals surface area (Å²) in [6, 6.07) is 10.3. The third-order valence-corrected chi connectivity index (χ3v) is 3.85. The number of carbonyl (C=O) groups excluding carboxylic acids is 1. The SMILES string of the molecule is CN(C(=O)N(C)C1CCCCC1)c1ccccc1. The summed E-state index contributed by atoms with van der Waals surface area (Å²) in [5.74, 6) is 0. The molecule has 1 aliphatic carbocycles. The van der Waals surface area contributed by atoms with E-state index in [4.69, 9.17) is 0 Å². The number of benzene rings is 1. The molecular formula is C15H22N2O. The normalized spacial score (nSPS) is 16.3. The van der Waals surface area contributed by atoms with Crippen LogP contribution in [0.1, 0.15) is 32.1 Å². The summed E-state index contributed by atoms with van der Waals surface area (Å²) in [5, 5.41) is 0. The van der Waals surface area contributed by atoms with Gasteiger partial charge in [0.1, 0.15) is 0 Å². The monoisotopic (exact) mass is 246 g/mol. The van der Waals surface area contributed by atoms with Crippen LogP contribution in [0.3, 0.4) is 0 Å². The molecule has 0 spiro atoms. The molecule has 0 aromatic heterocycles. The molecule has 1 aromatic carbocycles. The van der Waals surface area contributed by atoms with Crippen LogP contribution in [0.25, 0.3) is 0 Å². The van der Waals surface area contributed by atoms with E-state index in [1.54, 1.807) is 4.90 Å². The molecule has 2 rings (SSSR count). The summed E-state index contributed by atoms with van der Waals surface area (Å²) in [4.78, 5) is 16.0. The molecule has 3 nitrogen and oxygen atoms in total. The van der Waals surface area contributed by atoms with Gasteiger partial charge in [0.05, 0.1) is 0 Å². The smallest absolute Gasteiger partial charge is 0.324 e. The molecule has 0 unspecified atom stereocenters. The van der Waals surface area contributed by atoms with Crippen molar-refractivity contribution in [3.63, 3.8) is 0 Å². The Kier molecular flexibility index (Phi) is 4.24. The van der Waals surface area contributed by atoms with Gasteiger partial charge in [-0.05, 0) is 25.0 Å². The van der Waals surface area contributed by atoms with Crippen molar-refractivity contribution in [3.05, 3.63) is 30.3 Å². The number of para-hydroxylation sites is 1. The molecule has 18 heavy (non-hydrogen) atoms. The highest BCUT2D eigenvalue weighted by Crippen LogP contribution is 2.23. The first-order valence-corrected chi connectivity index (χ1v) is 6.75. The second-order valence-electron chi connectivity index (χ2n) is 5.08. The van der Waals surface area contributed by atoms with Gasteiger partial charge in [-0.2, -0.15) is 0 Å². The summed E-state index contributed by atoms with van der Waals surface area (Å²) in [5.41, 5.74) is 0.949. The van der Waals surface area contributed by atoms with Crippen molar-refractivity contribution in [1.82, 2.24) is 4.90 Å². The summed E-state index contributed by atoms with van der Waals surface area (Å²) in [6.07, 6.45) is 6.09. The third kappa shape index (κ3) is 2.84. The number of amides is 2. The molecule has 0 aliphatic heterocycles. The topological polar surface area (TPSA) is 23.6 Å². The number of anilines is 1. The number of urea groups is 1. The average Bonchev–Trinajstić information content (AvgIpc) is 2.47. The first-order chi connectivity index (χ1) is 8.70. The Morgan fingerprint density at radius 3 is 2.28 bits per heavy atom. The van der Waals surface area contributed by atoms with Crippen molar-refractivity contribution >= 4 is 11.7 Å². The molecule has 1 aromatic rings. The Balaban J connectivity index is 2.01. The zero-order valence-corrected chi connectivity index (χ0v) is 11.3. The van der Waals surface area contributed by atoms with E-state index in [0.29, 0.717) is 6.04 Å². The lowest BCUT2D eigenvalue weighted by Gasteiger charge is -2.34. The van der Waals surface area contributed by atoms with Crippen molar-refractivity contribution < 1.29 is 4.79 Å². The summed E-state index contributed by atoms with van der Waals surface area (Å²) >= 11 is 0. The van der Waals surface area contributed by atoms with Gasteiger partial charge in [-0.15, -0.1) is 0 Å². The Hall–Kier alpha value is -1.51. The maximum absolute atomic E-state index is 12.4. The molecule has 1 aliphatic rings. The Morgan fingerprint density at radius 1 is 1.06 bits per heavy atom. The number of hydrogen-bond acceptors (Lipinski definition) is 1. The van der Waals surface area contributed by atoms with Gasteiger partial charge in [-0.1, -0.05) is 37.5 Å². The molecule has 0 heterocycles. The Bertz CT molecular complexity index is 385. The van der Waals surface area contributed by atoms with E-state index in [9.17, 15) is 4.79 Å². The zero-order chi connectivity index (χ0) is 13.0. The zero-order valence-electron chi connectivity index (χ0n) is 11.3. The van der Waals surface area contributed by atoms with Gasteiger partial charge >= 0.3 is 6.03 Å². The van der Waals surface area contributed by atoms with Crippen LogP contribution in [0.5, 0.6) is 0 Å². The molecule has 3 heteroatoms. The molecule has 0 radical (unpaired) electrons. The van der Waals surface area contributed by atoms with Crippen molar-refractivity contribution in [2.75, 3.05) is 19.0 Å². The van der Waals surface area contributed by atoms with E-state index in [2.05, 4.69) is 0 Å². The van der Waals surface area contributed by atoms with E-state index < -0.39 is 0 Å². The third-order valence-electron chi connectivity index (χ3n) is 3.85. The molecule has 0 atom stereocenters. The minimum Gasteiger partial charge on any atom is -0.324 e. The Labute approximate surface area is 109 Å². The molecule has 2 amide bonds. The number of rotatable bonds is 2. The standard InChI is InChI=1S/C15H22N2O/c1-16(13-9-5-3-6-10-13)15(18)17(2)14-11-7-4-8-12-14/h3,5-6,9-10,14H,4,7-8,11-12H2,1-2H3. The summed E-state index contributed by atoms with van der Waals surface area (Å²) in [6.45, 7) is 0. The fourth-order valence-corrected chi connectivity index (χ4v) is 2.62. The highest BCUT2D eigenvalue weighted by atomic mass is 16.2. The van der Waals surface area contributed by atoms with Crippen LogP contribution in [0, 0.1) is 0 Å². The highest BCUT2D eigenvalue weighted by Gasteiger charge is 2.24. The lowest BCUT2D eigenvalue weighted by Crippen LogP contribution is -2.45. The van der Waals surface area contributed by atoms with Crippen LogP contribution in [0.4, 0.5) is 10.5 Å². The van der Waals surface area contributed by atoms with Crippen LogP contribution < -0.4 is 4.90 Å². The fraction of sp³-hybridized carbons (Fsp3) is 0.533. The van der Waals surface area contributed by atoms with Crippen molar-refractivity contribution in [2.24, 2.45) is 0 Å². The van der Waals surface area contributed by atoms with Crippen LogP contribution in [0.15, 0.2) is 30.3 Å². The average molecular weight is 246 g/mol. The summed E-state index contributed by atoms with van der Waals surface area (Å²) in [7, 11) is 3.77. The van der Waals surface area contributed by atoms with Gasteiger partial charge in [-0.3, -0.25) is 4.90 Å². The van der Waals surface area contributed by atoms with Gasteiger partial charge in [0.2, 0.25) is 0 Å². The predicted molar refractivity (Wildman–Crippen MR) is 74.9 cm³/mol. The first kappa shape index (κ1) is 12.9. The predicted octanol–water partition coefficient (Wildman–Crippen LogP) is 3.51. The van der Waals surface area contributed by atoms with Gasteiger partial charge < -0.3 is 4.90 Å². The van der Waals surface area contributed by atoms with Gasteiger partial charge in [0, 0.05) is 25.8 Å². The van der Waals surface area contributed by atoms with Crippen LogP contribution >= 0.6 is 0 Å². The quantitative estimate of drug-likeness (QED) is 0.783. The highest BCUT2D eigenvalue weighted by molar-refractivity contribution is 5.91. The Morgan fingerprint density at radius 2 is 1.67 bits per heavy atom. The molecule has 1 fully saturated rings. The largest absolute Gasteiger partial charge is 0.324 e. The van der Waals surface area contributed by atoms with Gasteiger partial charge in [0.25, 0.3) is 0 Å². The minimum atomic E-state index is 0.0908. The summed E-state index contributed by atoms with van der Waals surface area (Å²) < 4.78 is 0. The molecule has 0 saturated heterocycles. The van der Waals surface area contributed by atoms with Crippen molar-refractivity contribution in [3.8, 4) is 0 Å². The van der Waals surface area contributed by atoms with Gasteiger partial charge in [-0.25, -0.2) is 4.79 Å². The number of hydrogen-bond donors (Lipinski definition) is 0. The van der Waals surface area contributed by atoms with Gasteiger partial charge in [0.15, 0.2) is 0 Å². The van der Waals surface area contributed by atoms with E-state index in [1.807, 2.05) is 49.3 Å². The lowest BCUT2D eigenvalue weighted by molar-refractivity contribution is 0.181. The van der Waals surface area contributed by atoms with E-state index in [1.165, 1.54) is 19.3 Å². The second kappa shape index (κ2) is 5.89. The maximum atomic E-state index is 12.4. The van der Waals surface area contributed by atoms with Crippen molar-refractivity contribution in [2.45, 2.75) is 38.1 Å². The van der Waals surface area contributed by atoms with Crippen LogP contribution in [-0.2, 0) is 0 Å². The second-order valence-corrected chi connectivity index (χ2v) is 5.08. The number of carbonyl (C=O) groups is 1. The lowest BCUT2D eigenvalue weighted by atomic mass is 9.95. The first-order valence-electron chi connectivity index (χ1n) is 6.75. The number of nitrogens with zero attached hydrogens (tertiary/aromatic N) is 2. The maximum Gasteiger partial charge on any atom is 0.324 e. The van der Waals surface area contributed by atoms with Crippen molar-refractivity contribution in [1.29, 1.82) is 0 Å². The molecule has 1 saturated carbocycles. The minimum absolute atomic E-state index is 0.0908. The molecular weight excluding hydrogens is 224 g/mol. The van der Waals surface area contributed by atoms with Crippen LogP contribution in [-0.4, -0.2) is 31.1 Å². The molecule has 98 valence electrons. The van der Waals surface area contributed by atoms with E-state index in [0.717, 1.165) is 18.5 Å². The van der Waals surface area contributed by atoms with E-state index in [-0.39, 0.29) is 6.03 Å². The molecule has 0 bridgehead atoms.